The van der Waals surface area contributed by atoms with Crippen molar-refractivity contribution < 1.29 is 9.53 Å². The lowest BCUT2D eigenvalue weighted by Crippen LogP contribution is -2.46. The summed E-state index contributed by atoms with van der Waals surface area (Å²) in [6, 6.07) is 2.09. The van der Waals surface area contributed by atoms with Gasteiger partial charge in [0.15, 0.2) is 0 Å². The summed E-state index contributed by atoms with van der Waals surface area (Å²) in [7, 11) is 0. The fraction of sp³-hybridized carbons (Fsp3) is 0.706. The molecule has 122 valence electrons. The number of hydrogen-bond acceptors (Lipinski definition) is 4. The number of carbonyl (C=O) groups excluding carboxylic acids is 1. The average molecular weight is 322 g/mol. The molecule has 5 heteroatoms. The normalized spacial score (nSPS) is 25.2. The SMILES string of the molecule is CC1CN(CCCNC(=O)c2cc3c(s2)CCC3)CC(C)O1. The van der Waals surface area contributed by atoms with Crippen LogP contribution in [0.2, 0.25) is 0 Å². The van der Waals surface area contributed by atoms with Crippen LogP contribution in [0, 0.1) is 0 Å². The second kappa shape index (κ2) is 7.11. The Kier molecular flexibility index (Phi) is 5.16. The van der Waals surface area contributed by atoms with Crippen molar-refractivity contribution >= 4 is 17.2 Å². The zero-order chi connectivity index (χ0) is 15.5. The maximum Gasteiger partial charge on any atom is 0.261 e. The van der Waals surface area contributed by atoms with E-state index < -0.39 is 0 Å². The predicted octanol–water partition coefficient (Wildman–Crippen LogP) is 2.47. The topological polar surface area (TPSA) is 41.6 Å². The van der Waals surface area contributed by atoms with Crippen LogP contribution in [0.1, 0.15) is 46.8 Å². The average Bonchev–Trinajstić information content (AvgIpc) is 3.03. The van der Waals surface area contributed by atoms with Crippen molar-refractivity contribution in [3.05, 3.63) is 21.4 Å². The van der Waals surface area contributed by atoms with Gasteiger partial charge in [-0.1, -0.05) is 0 Å². The minimum absolute atomic E-state index is 0.100. The second-order valence-electron chi connectivity index (χ2n) is 6.54. The lowest BCUT2D eigenvalue weighted by Gasteiger charge is -2.35. The minimum Gasteiger partial charge on any atom is -0.373 e. The molecule has 0 aromatic carbocycles. The molecule has 1 N–H and O–H groups in total. The van der Waals surface area contributed by atoms with Gasteiger partial charge in [0.25, 0.3) is 5.91 Å². The minimum atomic E-state index is 0.100. The van der Waals surface area contributed by atoms with E-state index in [1.54, 1.807) is 11.3 Å². The van der Waals surface area contributed by atoms with Gasteiger partial charge in [0.05, 0.1) is 17.1 Å². The fourth-order valence-corrected chi connectivity index (χ4v) is 4.67. The van der Waals surface area contributed by atoms with E-state index in [1.165, 1.54) is 16.9 Å². The maximum absolute atomic E-state index is 12.2. The molecular weight excluding hydrogens is 296 g/mol. The van der Waals surface area contributed by atoms with Crippen LogP contribution in [-0.4, -0.2) is 49.2 Å². The lowest BCUT2D eigenvalue weighted by atomic mass is 10.2. The number of nitrogens with zero attached hydrogens (tertiary/aromatic N) is 1. The van der Waals surface area contributed by atoms with Crippen LogP contribution in [0.15, 0.2) is 6.07 Å². The molecule has 1 saturated heterocycles. The summed E-state index contributed by atoms with van der Waals surface area (Å²) in [5.74, 6) is 0.100. The maximum atomic E-state index is 12.2. The number of fused-ring (bicyclic) bond motifs is 1. The Labute approximate surface area is 136 Å². The third kappa shape index (κ3) is 3.89. The molecular formula is C17H26N2O2S. The van der Waals surface area contributed by atoms with Gasteiger partial charge in [-0.25, -0.2) is 0 Å². The summed E-state index contributed by atoms with van der Waals surface area (Å²) in [5, 5.41) is 3.06. The highest BCUT2D eigenvalue weighted by Crippen LogP contribution is 2.30. The zero-order valence-electron chi connectivity index (χ0n) is 13.6. The van der Waals surface area contributed by atoms with Gasteiger partial charge in [-0.05, 0) is 51.2 Å². The quantitative estimate of drug-likeness (QED) is 0.847. The standard InChI is InChI=1S/C17H26N2O2S/c1-12-10-19(11-13(2)21-12)8-4-7-18-17(20)16-9-14-5-3-6-15(14)22-16/h9,12-13H,3-8,10-11H2,1-2H3,(H,18,20). The van der Waals surface area contributed by atoms with Gasteiger partial charge >= 0.3 is 0 Å². The Morgan fingerprint density at radius 3 is 2.86 bits per heavy atom. The number of rotatable bonds is 5. The van der Waals surface area contributed by atoms with E-state index in [0.717, 1.165) is 50.3 Å². The van der Waals surface area contributed by atoms with Gasteiger partial charge in [-0.2, -0.15) is 0 Å². The summed E-state index contributed by atoms with van der Waals surface area (Å²) >= 11 is 1.68. The van der Waals surface area contributed by atoms with Gasteiger partial charge in [-0.15, -0.1) is 11.3 Å². The summed E-state index contributed by atoms with van der Waals surface area (Å²) in [6.45, 7) is 8.02. The molecule has 1 aromatic rings. The molecule has 2 aliphatic rings. The molecule has 4 nitrogen and oxygen atoms in total. The number of thiophene rings is 1. The Bertz CT molecular complexity index is 497. The van der Waals surface area contributed by atoms with E-state index in [0.29, 0.717) is 12.2 Å². The Morgan fingerprint density at radius 2 is 2.14 bits per heavy atom. The molecule has 22 heavy (non-hydrogen) atoms. The molecule has 3 rings (SSSR count). The summed E-state index contributed by atoms with van der Waals surface area (Å²) in [6.07, 6.45) is 5.17. The number of ether oxygens (including phenoxy) is 1. The molecule has 0 radical (unpaired) electrons. The highest BCUT2D eigenvalue weighted by Gasteiger charge is 2.22. The second-order valence-corrected chi connectivity index (χ2v) is 7.68. The third-order valence-electron chi connectivity index (χ3n) is 4.40. The van der Waals surface area contributed by atoms with Crippen molar-refractivity contribution in [1.29, 1.82) is 0 Å². The van der Waals surface area contributed by atoms with Gasteiger partial charge in [-0.3, -0.25) is 9.69 Å². The van der Waals surface area contributed by atoms with Gasteiger partial charge in [0, 0.05) is 31.1 Å². The first-order valence-electron chi connectivity index (χ1n) is 8.39. The molecule has 1 fully saturated rings. The van der Waals surface area contributed by atoms with Gasteiger partial charge < -0.3 is 10.1 Å². The highest BCUT2D eigenvalue weighted by molar-refractivity contribution is 7.14. The number of hydrogen-bond donors (Lipinski definition) is 1. The summed E-state index contributed by atoms with van der Waals surface area (Å²) in [5.41, 5.74) is 1.39. The first kappa shape index (κ1) is 16.0. The molecule has 1 aromatic heterocycles. The van der Waals surface area contributed by atoms with Crippen molar-refractivity contribution in [2.24, 2.45) is 0 Å². The van der Waals surface area contributed by atoms with Crippen LogP contribution in [0.5, 0.6) is 0 Å². The molecule has 2 heterocycles. The number of morpholine rings is 1. The van der Waals surface area contributed by atoms with E-state index in [-0.39, 0.29) is 5.91 Å². The van der Waals surface area contributed by atoms with Gasteiger partial charge in [0.2, 0.25) is 0 Å². The van der Waals surface area contributed by atoms with E-state index in [1.807, 2.05) is 0 Å². The van der Waals surface area contributed by atoms with E-state index >= 15 is 0 Å². The van der Waals surface area contributed by atoms with E-state index in [2.05, 4.69) is 30.1 Å². The molecule has 2 unspecified atom stereocenters. The number of aryl methyl sites for hydroxylation is 2. The van der Waals surface area contributed by atoms with Crippen molar-refractivity contribution in [2.75, 3.05) is 26.2 Å². The third-order valence-corrected chi connectivity index (χ3v) is 5.64. The van der Waals surface area contributed by atoms with E-state index in [9.17, 15) is 4.79 Å². The fourth-order valence-electron chi connectivity index (χ4n) is 3.50. The van der Waals surface area contributed by atoms with Gasteiger partial charge in [0.1, 0.15) is 0 Å². The predicted molar refractivity (Wildman–Crippen MR) is 89.7 cm³/mol. The number of carbonyl (C=O) groups is 1. The molecule has 1 aliphatic heterocycles. The first-order valence-corrected chi connectivity index (χ1v) is 9.21. The smallest absolute Gasteiger partial charge is 0.261 e. The van der Waals surface area contributed by atoms with Crippen LogP contribution in [-0.2, 0) is 17.6 Å². The summed E-state index contributed by atoms with van der Waals surface area (Å²) < 4.78 is 5.74. The molecule has 0 bridgehead atoms. The summed E-state index contributed by atoms with van der Waals surface area (Å²) in [4.78, 5) is 16.9. The Balaban J connectivity index is 1.38. The van der Waals surface area contributed by atoms with Crippen molar-refractivity contribution in [2.45, 2.75) is 51.7 Å². The molecule has 2 atom stereocenters. The highest BCUT2D eigenvalue weighted by atomic mass is 32.1. The molecule has 0 spiro atoms. The Morgan fingerprint density at radius 1 is 1.36 bits per heavy atom. The van der Waals surface area contributed by atoms with Crippen LogP contribution in [0.3, 0.4) is 0 Å². The molecule has 1 amide bonds. The molecule has 0 saturated carbocycles. The zero-order valence-corrected chi connectivity index (χ0v) is 14.4. The van der Waals surface area contributed by atoms with Crippen LogP contribution >= 0.6 is 11.3 Å². The first-order chi connectivity index (χ1) is 10.6. The van der Waals surface area contributed by atoms with Crippen LogP contribution < -0.4 is 5.32 Å². The van der Waals surface area contributed by atoms with Crippen molar-refractivity contribution in [3.8, 4) is 0 Å². The Hall–Kier alpha value is -0.910. The largest absolute Gasteiger partial charge is 0.373 e. The monoisotopic (exact) mass is 322 g/mol. The van der Waals surface area contributed by atoms with Crippen LogP contribution in [0.25, 0.3) is 0 Å². The van der Waals surface area contributed by atoms with Crippen molar-refractivity contribution in [1.82, 2.24) is 10.2 Å². The lowest BCUT2D eigenvalue weighted by molar-refractivity contribution is -0.0679. The van der Waals surface area contributed by atoms with Crippen LogP contribution in [0.4, 0.5) is 0 Å². The van der Waals surface area contributed by atoms with Crippen molar-refractivity contribution in [3.63, 3.8) is 0 Å². The molecule has 1 aliphatic carbocycles. The number of amides is 1. The van der Waals surface area contributed by atoms with E-state index in [4.69, 9.17) is 4.74 Å². The number of nitrogens with one attached hydrogen (secondary N) is 1.